The van der Waals surface area contributed by atoms with Crippen molar-refractivity contribution in [2.75, 3.05) is 17.7 Å². The summed E-state index contributed by atoms with van der Waals surface area (Å²) in [5.41, 5.74) is 1.24. The Balaban J connectivity index is 2.19. The highest BCUT2D eigenvalue weighted by molar-refractivity contribution is 7.97. The number of hydrogen-bond acceptors (Lipinski definition) is 6. The van der Waals surface area contributed by atoms with E-state index in [1.165, 1.54) is 41.8 Å². The summed E-state index contributed by atoms with van der Waals surface area (Å²) >= 11 is 2.67. The Morgan fingerprint density at radius 2 is 1.97 bits per heavy atom. The number of ether oxygens (including phenoxy) is 1. The summed E-state index contributed by atoms with van der Waals surface area (Å²) in [6.45, 7) is 7.47. The molecule has 0 aliphatic carbocycles. The smallest absolute Gasteiger partial charge is 0.406 e. The maximum atomic E-state index is 12.4. The average molecular weight is 490 g/mol. The van der Waals surface area contributed by atoms with Gasteiger partial charge in [-0.15, -0.1) is 24.5 Å². The van der Waals surface area contributed by atoms with E-state index < -0.39 is 6.36 Å². The van der Waals surface area contributed by atoms with Crippen LogP contribution in [0.2, 0.25) is 0 Å². The van der Waals surface area contributed by atoms with Crippen LogP contribution in [0.15, 0.2) is 24.3 Å². The summed E-state index contributed by atoms with van der Waals surface area (Å²) in [6, 6.07) is 5.87. The van der Waals surface area contributed by atoms with Crippen molar-refractivity contribution in [2.24, 2.45) is 5.92 Å². The molecule has 0 radical (unpaired) electrons. The molecule has 0 aliphatic heterocycles. The van der Waals surface area contributed by atoms with Gasteiger partial charge in [0.15, 0.2) is 5.13 Å². The quantitative estimate of drug-likeness (QED) is 0.341. The van der Waals surface area contributed by atoms with E-state index in [-0.39, 0.29) is 11.7 Å². The van der Waals surface area contributed by atoms with Crippen LogP contribution >= 0.6 is 23.3 Å². The molecule has 178 valence electrons. The van der Waals surface area contributed by atoms with Gasteiger partial charge in [-0.2, -0.15) is 0 Å². The largest absolute Gasteiger partial charge is 0.573 e. The fourth-order valence-corrected chi connectivity index (χ4v) is 4.41. The summed E-state index contributed by atoms with van der Waals surface area (Å²) in [5.74, 6) is 0.0600. The zero-order valence-corrected chi connectivity index (χ0v) is 20.4. The molecule has 1 heterocycles. The Bertz CT molecular complexity index is 857. The summed E-state index contributed by atoms with van der Waals surface area (Å²) in [7, 11) is 0. The van der Waals surface area contributed by atoms with Gasteiger partial charge in [0, 0.05) is 24.2 Å². The zero-order valence-electron chi connectivity index (χ0n) is 18.8. The second-order valence-corrected chi connectivity index (χ2v) is 9.48. The van der Waals surface area contributed by atoms with Crippen LogP contribution in [-0.4, -0.2) is 30.1 Å². The summed E-state index contributed by atoms with van der Waals surface area (Å²) in [5, 5.41) is 0.729. The topological polar surface area (TPSA) is 54.5 Å². The van der Waals surface area contributed by atoms with Crippen molar-refractivity contribution in [3.8, 4) is 5.75 Å². The monoisotopic (exact) mass is 489 g/mol. The molecule has 2 rings (SSSR count). The Hall–Kier alpha value is -1.94. The van der Waals surface area contributed by atoms with Crippen LogP contribution in [0.4, 0.5) is 18.3 Å². The standard InChI is InChI=1S/C22H30F3N3O2S2/c1-5-6-7-15(2)12-13-28(21-26-19(16(3)32-21)20(29)27-31-4)14-17-8-10-18(11-9-17)30-22(23,24)25/h8-11,15H,5-7,12-14H2,1-4H3,(H,27,29). The van der Waals surface area contributed by atoms with E-state index in [4.69, 9.17) is 0 Å². The predicted octanol–water partition coefficient (Wildman–Crippen LogP) is 6.58. The molecule has 0 bridgehead atoms. The van der Waals surface area contributed by atoms with Gasteiger partial charge in [-0.05, 0) is 37.0 Å². The first-order valence-electron chi connectivity index (χ1n) is 10.5. The van der Waals surface area contributed by atoms with Crippen LogP contribution in [0, 0.1) is 12.8 Å². The predicted molar refractivity (Wildman–Crippen MR) is 125 cm³/mol. The Morgan fingerprint density at radius 1 is 1.28 bits per heavy atom. The number of carbonyl (C=O) groups excluding carboxylic acids is 1. The number of carbonyl (C=O) groups is 1. The van der Waals surface area contributed by atoms with E-state index in [2.05, 4.69) is 33.2 Å². The van der Waals surface area contributed by atoms with Crippen molar-refractivity contribution in [1.82, 2.24) is 9.71 Å². The molecular formula is C22H30F3N3O2S2. The molecule has 0 fully saturated rings. The van der Waals surface area contributed by atoms with Gasteiger partial charge in [-0.1, -0.05) is 57.2 Å². The molecule has 1 aromatic carbocycles. The van der Waals surface area contributed by atoms with Crippen LogP contribution in [0.3, 0.4) is 0 Å². The van der Waals surface area contributed by atoms with Gasteiger partial charge in [0.05, 0.1) is 0 Å². The highest BCUT2D eigenvalue weighted by Gasteiger charge is 2.31. The van der Waals surface area contributed by atoms with Crippen molar-refractivity contribution in [3.05, 3.63) is 40.4 Å². The number of amides is 1. The van der Waals surface area contributed by atoms with Crippen LogP contribution < -0.4 is 14.4 Å². The van der Waals surface area contributed by atoms with E-state index >= 15 is 0 Å². The molecule has 1 N–H and O–H groups in total. The third-order valence-electron chi connectivity index (χ3n) is 4.94. The Kier molecular flexibility index (Phi) is 10.1. The average Bonchev–Trinajstić information content (AvgIpc) is 3.11. The lowest BCUT2D eigenvalue weighted by Crippen LogP contribution is -2.25. The number of anilines is 1. The first-order chi connectivity index (χ1) is 15.1. The first kappa shape index (κ1) is 26.3. The number of hydrogen-bond donors (Lipinski definition) is 1. The molecule has 1 atom stereocenters. The second-order valence-electron chi connectivity index (χ2n) is 7.69. The van der Waals surface area contributed by atoms with Crippen molar-refractivity contribution >= 4 is 34.3 Å². The van der Waals surface area contributed by atoms with Gasteiger partial charge in [-0.25, -0.2) is 4.98 Å². The molecule has 1 aromatic heterocycles. The first-order valence-corrected chi connectivity index (χ1v) is 12.6. The van der Waals surface area contributed by atoms with Crippen LogP contribution in [-0.2, 0) is 6.54 Å². The third-order valence-corrected chi connectivity index (χ3v) is 6.36. The third kappa shape index (κ3) is 8.54. The van der Waals surface area contributed by atoms with Crippen LogP contribution in [0.25, 0.3) is 0 Å². The number of rotatable bonds is 12. The molecule has 2 aromatic rings. The maximum Gasteiger partial charge on any atom is 0.573 e. The lowest BCUT2D eigenvalue weighted by atomic mass is 10.0. The second kappa shape index (κ2) is 12.3. The number of aromatic nitrogens is 1. The minimum Gasteiger partial charge on any atom is -0.406 e. The number of unbranched alkanes of at least 4 members (excludes halogenated alkanes) is 1. The molecule has 1 amide bonds. The summed E-state index contributed by atoms with van der Waals surface area (Å²) < 4.78 is 43.9. The van der Waals surface area contributed by atoms with Gasteiger partial charge < -0.3 is 9.64 Å². The maximum absolute atomic E-state index is 12.4. The Morgan fingerprint density at radius 3 is 2.56 bits per heavy atom. The molecule has 1 unspecified atom stereocenters. The fraction of sp³-hybridized carbons (Fsp3) is 0.545. The van der Waals surface area contributed by atoms with E-state index in [0.29, 0.717) is 18.2 Å². The lowest BCUT2D eigenvalue weighted by molar-refractivity contribution is -0.274. The van der Waals surface area contributed by atoms with Gasteiger partial charge in [-0.3, -0.25) is 9.52 Å². The van der Waals surface area contributed by atoms with E-state index in [1.54, 1.807) is 18.4 Å². The van der Waals surface area contributed by atoms with Gasteiger partial charge >= 0.3 is 6.36 Å². The molecule has 5 nitrogen and oxygen atoms in total. The SMILES string of the molecule is CCCCC(C)CCN(Cc1ccc(OC(F)(F)F)cc1)c1nc(C(=O)NSC)c(C)s1. The molecule has 0 aliphatic rings. The van der Waals surface area contributed by atoms with E-state index in [9.17, 15) is 18.0 Å². The molecule has 32 heavy (non-hydrogen) atoms. The lowest BCUT2D eigenvalue weighted by Gasteiger charge is -2.24. The number of nitrogens with zero attached hydrogens (tertiary/aromatic N) is 2. The van der Waals surface area contributed by atoms with Crippen molar-refractivity contribution in [2.45, 2.75) is 59.4 Å². The minimum absolute atomic E-state index is 0.234. The molecule has 0 spiro atoms. The summed E-state index contributed by atoms with van der Waals surface area (Å²) in [6.07, 6.45) is 1.49. The van der Waals surface area contributed by atoms with E-state index in [0.717, 1.165) is 41.4 Å². The normalized spacial score (nSPS) is 12.5. The molecule has 10 heteroatoms. The Labute approximate surface area is 195 Å². The highest BCUT2D eigenvalue weighted by atomic mass is 32.2. The molecular weight excluding hydrogens is 459 g/mol. The number of halogens is 3. The van der Waals surface area contributed by atoms with Crippen LogP contribution in [0.1, 0.15) is 60.5 Å². The highest BCUT2D eigenvalue weighted by Crippen LogP contribution is 2.29. The van der Waals surface area contributed by atoms with Gasteiger partial charge in [0.25, 0.3) is 5.91 Å². The van der Waals surface area contributed by atoms with Crippen molar-refractivity contribution < 1.29 is 22.7 Å². The fourth-order valence-electron chi connectivity index (χ4n) is 3.20. The van der Waals surface area contributed by atoms with Gasteiger partial charge in [0.2, 0.25) is 0 Å². The van der Waals surface area contributed by atoms with Crippen molar-refractivity contribution in [3.63, 3.8) is 0 Å². The summed E-state index contributed by atoms with van der Waals surface area (Å²) in [4.78, 5) is 19.8. The number of nitrogens with one attached hydrogen (secondary N) is 1. The number of aryl methyl sites for hydroxylation is 1. The minimum atomic E-state index is -4.71. The molecule has 0 saturated heterocycles. The van der Waals surface area contributed by atoms with Gasteiger partial charge in [0.1, 0.15) is 11.4 Å². The van der Waals surface area contributed by atoms with Crippen LogP contribution in [0.5, 0.6) is 5.75 Å². The number of benzene rings is 1. The molecule has 0 saturated carbocycles. The van der Waals surface area contributed by atoms with E-state index in [1.807, 2.05) is 6.92 Å². The number of alkyl halides is 3. The van der Waals surface area contributed by atoms with Crippen molar-refractivity contribution in [1.29, 1.82) is 0 Å². The number of thiazole rings is 1. The zero-order chi connectivity index (χ0) is 23.7.